The van der Waals surface area contributed by atoms with Gasteiger partial charge in [-0.2, -0.15) is 0 Å². The van der Waals surface area contributed by atoms with E-state index in [4.69, 9.17) is 5.73 Å². The Morgan fingerprint density at radius 1 is 1.11 bits per heavy atom. The van der Waals surface area contributed by atoms with E-state index in [1.165, 1.54) is 16.3 Å². The summed E-state index contributed by atoms with van der Waals surface area (Å²) in [6, 6.07) is 15.4. The molecule has 0 aromatic heterocycles. The summed E-state index contributed by atoms with van der Waals surface area (Å²) >= 11 is 0. The molecule has 0 bridgehead atoms. The lowest BCUT2D eigenvalue weighted by molar-refractivity contribution is 0.440. The average Bonchev–Trinajstić information content (AvgIpc) is 2.44. The number of nitrogens with two attached hydrogens (primary N) is 1. The zero-order valence-corrected chi connectivity index (χ0v) is 11.2. The molecule has 0 aliphatic carbocycles. The fourth-order valence-corrected chi connectivity index (χ4v) is 2.45. The maximum Gasteiger partial charge on any atom is 0.0326 e. The van der Waals surface area contributed by atoms with Crippen molar-refractivity contribution < 1.29 is 0 Å². The molecule has 0 spiro atoms. The van der Waals surface area contributed by atoms with Crippen molar-refractivity contribution in [1.82, 2.24) is 5.32 Å². The van der Waals surface area contributed by atoms with Crippen molar-refractivity contribution >= 4 is 10.8 Å². The molecule has 0 aliphatic heterocycles. The molecule has 2 aromatic carbocycles. The second-order valence-corrected chi connectivity index (χ2v) is 4.99. The summed E-state index contributed by atoms with van der Waals surface area (Å²) < 4.78 is 0. The molecule has 2 aromatic rings. The van der Waals surface area contributed by atoms with E-state index in [0.29, 0.717) is 12.0 Å². The van der Waals surface area contributed by atoms with Crippen LogP contribution >= 0.6 is 0 Å². The monoisotopic (exact) mass is 242 g/mol. The smallest absolute Gasteiger partial charge is 0.0326 e. The number of rotatable bonds is 5. The molecule has 2 unspecified atom stereocenters. The summed E-state index contributed by atoms with van der Waals surface area (Å²) in [4.78, 5) is 0. The van der Waals surface area contributed by atoms with Crippen LogP contribution in [0.4, 0.5) is 0 Å². The summed E-state index contributed by atoms with van der Waals surface area (Å²) in [5.74, 6) is 0.529. The van der Waals surface area contributed by atoms with E-state index in [1.54, 1.807) is 0 Å². The van der Waals surface area contributed by atoms with Gasteiger partial charge >= 0.3 is 0 Å². The van der Waals surface area contributed by atoms with Gasteiger partial charge in [-0.1, -0.05) is 49.4 Å². The lowest BCUT2D eigenvalue weighted by Gasteiger charge is -2.21. The van der Waals surface area contributed by atoms with Gasteiger partial charge in [0.25, 0.3) is 0 Å². The molecule has 2 atom stereocenters. The van der Waals surface area contributed by atoms with E-state index >= 15 is 0 Å². The molecule has 96 valence electrons. The Labute approximate surface area is 109 Å². The van der Waals surface area contributed by atoms with Crippen molar-refractivity contribution in [2.45, 2.75) is 19.4 Å². The first-order valence-electron chi connectivity index (χ1n) is 6.61. The molecule has 0 saturated carbocycles. The topological polar surface area (TPSA) is 38.0 Å². The van der Waals surface area contributed by atoms with E-state index < -0.39 is 0 Å². The third kappa shape index (κ3) is 2.71. The minimum atomic E-state index is 0.370. The largest absolute Gasteiger partial charge is 0.330 e. The van der Waals surface area contributed by atoms with E-state index in [0.717, 1.165) is 13.0 Å². The molecule has 0 saturated heterocycles. The lowest BCUT2D eigenvalue weighted by Crippen LogP contribution is -2.22. The van der Waals surface area contributed by atoms with E-state index in [-0.39, 0.29) is 0 Å². The maximum atomic E-state index is 5.74. The Morgan fingerprint density at radius 3 is 2.56 bits per heavy atom. The summed E-state index contributed by atoms with van der Waals surface area (Å²) in [6.45, 7) is 2.94. The summed E-state index contributed by atoms with van der Waals surface area (Å²) in [5.41, 5.74) is 7.11. The number of hydrogen-bond acceptors (Lipinski definition) is 2. The molecular formula is C16H22N2. The molecule has 2 nitrogen and oxygen atoms in total. The molecule has 0 radical (unpaired) electrons. The third-order valence-corrected chi connectivity index (χ3v) is 3.59. The first-order valence-corrected chi connectivity index (χ1v) is 6.61. The van der Waals surface area contributed by atoms with Gasteiger partial charge in [0.2, 0.25) is 0 Å². The SMILES string of the molecule is CNC(CC(C)CN)c1cccc2ccccc12. The van der Waals surface area contributed by atoms with Gasteiger partial charge in [0.15, 0.2) is 0 Å². The standard InChI is InChI=1S/C16H22N2/c1-12(11-17)10-16(18-2)15-9-5-7-13-6-3-4-8-14(13)15/h3-9,12,16,18H,10-11,17H2,1-2H3. The normalized spacial score (nSPS) is 14.6. The lowest BCUT2D eigenvalue weighted by atomic mass is 9.92. The molecular weight excluding hydrogens is 220 g/mol. The van der Waals surface area contributed by atoms with Crippen LogP contribution in [0.1, 0.15) is 24.9 Å². The van der Waals surface area contributed by atoms with E-state index in [2.05, 4.69) is 54.7 Å². The van der Waals surface area contributed by atoms with Crippen LogP contribution in [0.5, 0.6) is 0 Å². The summed E-state index contributed by atoms with van der Waals surface area (Å²) in [5, 5.41) is 6.06. The quantitative estimate of drug-likeness (QED) is 0.845. The van der Waals surface area contributed by atoms with Crippen molar-refractivity contribution in [3.05, 3.63) is 48.0 Å². The maximum absolute atomic E-state index is 5.74. The molecule has 0 fully saturated rings. The Bertz CT molecular complexity index is 502. The zero-order valence-electron chi connectivity index (χ0n) is 11.2. The molecule has 0 heterocycles. The highest BCUT2D eigenvalue weighted by molar-refractivity contribution is 5.86. The van der Waals surface area contributed by atoms with Gasteiger partial charge < -0.3 is 11.1 Å². The first kappa shape index (κ1) is 13.1. The third-order valence-electron chi connectivity index (χ3n) is 3.59. The minimum Gasteiger partial charge on any atom is -0.330 e. The molecule has 2 heteroatoms. The van der Waals surface area contributed by atoms with Crippen LogP contribution in [-0.2, 0) is 0 Å². The van der Waals surface area contributed by atoms with Gasteiger partial charge in [0.1, 0.15) is 0 Å². The highest BCUT2D eigenvalue weighted by Crippen LogP contribution is 2.27. The van der Waals surface area contributed by atoms with Crippen LogP contribution in [0.25, 0.3) is 10.8 Å². The van der Waals surface area contributed by atoms with Gasteiger partial charge in [-0.05, 0) is 42.3 Å². The number of nitrogens with one attached hydrogen (secondary N) is 1. The summed E-state index contributed by atoms with van der Waals surface area (Å²) in [6.07, 6.45) is 1.07. The van der Waals surface area contributed by atoms with Crippen molar-refractivity contribution in [3.63, 3.8) is 0 Å². The van der Waals surface area contributed by atoms with E-state index in [1.807, 2.05) is 7.05 Å². The summed E-state index contributed by atoms with van der Waals surface area (Å²) in [7, 11) is 2.02. The van der Waals surface area contributed by atoms with Gasteiger partial charge in [-0.3, -0.25) is 0 Å². The molecule has 3 N–H and O–H groups in total. The van der Waals surface area contributed by atoms with Gasteiger partial charge in [0, 0.05) is 6.04 Å². The first-order chi connectivity index (χ1) is 8.76. The Hall–Kier alpha value is -1.38. The molecule has 2 rings (SSSR count). The Kier molecular flexibility index (Phi) is 4.34. The van der Waals surface area contributed by atoms with Crippen molar-refractivity contribution in [2.75, 3.05) is 13.6 Å². The van der Waals surface area contributed by atoms with Gasteiger partial charge in [-0.25, -0.2) is 0 Å². The van der Waals surface area contributed by atoms with Crippen LogP contribution in [0.3, 0.4) is 0 Å². The van der Waals surface area contributed by atoms with Crippen LogP contribution in [0.2, 0.25) is 0 Å². The number of benzene rings is 2. The minimum absolute atomic E-state index is 0.370. The molecule has 0 aliphatic rings. The fourth-order valence-electron chi connectivity index (χ4n) is 2.45. The second kappa shape index (κ2) is 5.98. The van der Waals surface area contributed by atoms with Crippen molar-refractivity contribution in [2.24, 2.45) is 11.7 Å². The highest BCUT2D eigenvalue weighted by Gasteiger charge is 2.14. The number of hydrogen-bond donors (Lipinski definition) is 2. The van der Waals surface area contributed by atoms with Crippen LogP contribution in [0.15, 0.2) is 42.5 Å². The van der Waals surface area contributed by atoms with Crippen LogP contribution in [0, 0.1) is 5.92 Å². The predicted octanol–water partition coefficient (Wildman–Crippen LogP) is 3.09. The van der Waals surface area contributed by atoms with E-state index in [9.17, 15) is 0 Å². The van der Waals surface area contributed by atoms with Gasteiger partial charge in [-0.15, -0.1) is 0 Å². The highest BCUT2D eigenvalue weighted by atomic mass is 14.9. The Morgan fingerprint density at radius 2 is 1.83 bits per heavy atom. The predicted molar refractivity (Wildman–Crippen MR) is 78.6 cm³/mol. The fraction of sp³-hybridized carbons (Fsp3) is 0.375. The number of fused-ring (bicyclic) bond motifs is 1. The second-order valence-electron chi connectivity index (χ2n) is 4.99. The molecule has 0 amide bonds. The molecule has 18 heavy (non-hydrogen) atoms. The van der Waals surface area contributed by atoms with Gasteiger partial charge in [0.05, 0.1) is 0 Å². The Balaban J connectivity index is 2.38. The zero-order chi connectivity index (χ0) is 13.0. The van der Waals surface area contributed by atoms with Crippen molar-refractivity contribution in [1.29, 1.82) is 0 Å². The van der Waals surface area contributed by atoms with Crippen LogP contribution < -0.4 is 11.1 Å². The van der Waals surface area contributed by atoms with Crippen LogP contribution in [-0.4, -0.2) is 13.6 Å². The average molecular weight is 242 g/mol. The van der Waals surface area contributed by atoms with Crippen molar-refractivity contribution in [3.8, 4) is 0 Å².